The smallest absolute Gasteiger partial charge is 0.265 e. The molecule has 6 nitrogen and oxygen atoms in total. The van der Waals surface area contributed by atoms with Gasteiger partial charge in [-0.3, -0.25) is 4.79 Å². The number of benzene rings is 1. The van der Waals surface area contributed by atoms with Crippen molar-refractivity contribution in [1.29, 1.82) is 0 Å². The van der Waals surface area contributed by atoms with Gasteiger partial charge in [-0.2, -0.15) is 0 Å². The molecule has 1 atom stereocenters. The average Bonchev–Trinajstić information content (AvgIpc) is 3.41. The number of fused-ring (bicyclic) bond motifs is 1. The van der Waals surface area contributed by atoms with Gasteiger partial charge in [-0.25, -0.2) is 9.97 Å². The molecule has 9 heteroatoms. The van der Waals surface area contributed by atoms with Gasteiger partial charge in [-0.15, -0.1) is 20.6 Å². The summed E-state index contributed by atoms with van der Waals surface area (Å²) in [6.45, 7) is 5.63. The molecule has 0 bridgehead atoms. The molecule has 3 aromatic heterocycles. The van der Waals surface area contributed by atoms with E-state index in [9.17, 15) is 4.79 Å². The highest BCUT2D eigenvalue weighted by atomic mass is 32.1. The molecule has 1 amide bonds. The predicted molar refractivity (Wildman–Crippen MR) is 134 cm³/mol. The lowest BCUT2D eigenvalue weighted by Crippen LogP contribution is -2.20. The van der Waals surface area contributed by atoms with Crippen molar-refractivity contribution in [3.8, 4) is 11.5 Å². The van der Waals surface area contributed by atoms with Gasteiger partial charge < -0.3 is 14.6 Å². The lowest BCUT2D eigenvalue weighted by Gasteiger charge is -2.05. The third-order valence-electron chi connectivity index (χ3n) is 4.37. The standard InChI is InChI=1S/C22H21N4O2PS2/c1-5-16-15(24-20(28-16)13-6-8-14(29)9-7-13)10-12(2)23-19(27)17-11-18-21(30-17)25-22(31-18)26(3)4/h5-11H,1,29H2,2-4H3,(H,23,27)/b12-10+. The summed E-state index contributed by atoms with van der Waals surface area (Å²) in [5.74, 6) is 0.886. The molecular weight excluding hydrogens is 447 g/mol. The fourth-order valence-corrected chi connectivity index (χ4v) is 5.07. The number of carbonyl (C=O) groups excluding carboxylic acids is 1. The number of hydrogen-bond acceptors (Lipinski definition) is 7. The quantitative estimate of drug-likeness (QED) is 0.403. The Labute approximate surface area is 190 Å². The Morgan fingerprint density at radius 1 is 1.23 bits per heavy atom. The third kappa shape index (κ3) is 4.61. The van der Waals surface area contributed by atoms with Crippen molar-refractivity contribution in [2.75, 3.05) is 19.0 Å². The summed E-state index contributed by atoms with van der Waals surface area (Å²) in [5.41, 5.74) is 2.15. The summed E-state index contributed by atoms with van der Waals surface area (Å²) in [6.07, 6.45) is 3.40. The Bertz CT molecular complexity index is 1270. The maximum absolute atomic E-state index is 12.7. The van der Waals surface area contributed by atoms with E-state index in [2.05, 4.69) is 31.1 Å². The zero-order valence-electron chi connectivity index (χ0n) is 17.3. The molecule has 0 aliphatic rings. The lowest BCUT2D eigenvalue weighted by molar-refractivity contribution is 0.0970. The normalized spacial score (nSPS) is 11.7. The highest BCUT2D eigenvalue weighted by Crippen LogP contribution is 2.34. The highest BCUT2D eigenvalue weighted by Gasteiger charge is 2.16. The van der Waals surface area contributed by atoms with Crippen molar-refractivity contribution in [3.05, 3.63) is 58.9 Å². The van der Waals surface area contributed by atoms with Gasteiger partial charge in [0.05, 0.1) is 9.58 Å². The third-order valence-corrected chi connectivity index (χ3v) is 7.08. The molecule has 4 rings (SSSR count). The first kappa shape index (κ1) is 21.4. The van der Waals surface area contributed by atoms with E-state index in [-0.39, 0.29) is 5.91 Å². The maximum Gasteiger partial charge on any atom is 0.265 e. The Morgan fingerprint density at radius 3 is 2.61 bits per heavy atom. The molecule has 0 saturated carbocycles. The molecule has 0 aliphatic heterocycles. The number of allylic oxidation sites excluding steroid dienone is 1. The van der Waals surface area contributed by atoms with Gasteiger partial charge in [0.15, 0.2) is 10.9 Å². The fourth-order valence-electron chi connectivity index (χ4n) is 2.85. The molecule has 158 valence electrons. The predicted octanol–water partition coefficient (Wildman–Crippen LogP) is 5.01. The second-order valence-electron chi connectivity index (χ2n) is 7.05. The number of anilines is 1. The van der Waals surface area contributed by atoms with E-state index in [1.54, 1.807) is 23.5 Å². The topological polar surface area (TPSA) is 71.3 Å². The summed E-state index contributed by atoms with van der Waals surface area (Å²) in [7, 11) is 6.56. The number of hydrogen-bond donors (Lipinski definition) is 1. The minimum Gasteiger partial charge on any atom is -0.436 e. The molecule has 4 aromatic rings. The zero-order chi connectivity index (χ0) is 22.1. The van der Waals surface area contributed by atoms with Gasteiger partial charge in [0.2, 0.25) is 5.89 Å². The van der Waals surface area contributed by atoms with Crippen molar-refractivity contribution in [2.24, 2.45) is 0 Å². The molecule has 31 heavy (non-hydrogen) atoms. The average molecular weight is 469 g/mol. The summed E-state index contributed by atoms with van der Waals surface area (Å²) in [6, 6.07) is 9.72. The van der Waals surface area contributed by atoms with Crippen LogP contribution in [0, 0.1) is 0 Å². The fraction of sp³-hybridized carbons (Fsp3) is 0.136. The van der Waals surface area contributed by atoms with Crippen LogP contribution in [0.3, 0.4) is 0 Å². The van der Waals surface area contributed by atoms with Crippen molar-refractivity contribution < 1.29 is 9.21 Å². The molecular formula is C22H21N4O2PS2. The Balaban J connectivity index is 1.53. The Hall–Kier alpha value is -2.80. The van der Waals surface area contributed by atoms with Gasteiger partial charge in [0, 0.05) is 25.4 Å². The number of nitrogens with zero attached hydrogens (tertiary/aromatic N) is 3. The first-order chi connectivity index (χ1) is 14.8. The number of thiazole rings is 1. The van der Waals surface area contributed by atoms with Crippen LogP contribution in [0.5, 0.6) is 0 Å². The van der Waals surface area contributed by atoms with Gasteiger partial charge in [0.25, 0.3) is 5.91 Å². The minimum atomic E-state index is -0.171. The summed E-state index contributed by atoms with van der Waals surface area (Å²) in [4.78, 5) is 25.3. The van der Waals surface area contributed by atoms with E-state index in [4.69, 9.17) is 4.42 Å². The molecule has 1 N–H and O–H groups in total. The summed E-state index contributed by atoms with van der Waals surface area (Å²) < 4.78 is 6.84. The summed E-state index contributed by atoms with van der Waals surface area (Å²) >= 11 is 2.95. The van der Waals surface area contributed by atoms with E-state index in [0.717, 1.165) is 25.5 Å². The van der Waals surface area contributed by atoms with Crippen molar-refractivity contribution >= 4 is 69.9 Å². The van der Waals surface area contributed by atoms with Crippen LogP contribution in [0.1, 0.15) is 28.0 Å². The monoisotopic (exact) mass is 468 g/mol. The van der Waals surface area contributed by atoms with Crippen molar-refractivity contribution in [3.63, 3.8) is 0 Å². The van der Waals surface area contributed by atoms with E-state index >= 15 is 0 Å². The molecule has 1 aromatic carbocycles. The molecule has 0 aliphatic carbocycles. The van der Waals surface area contributed by atoms with E-state index in [1.807, 2.05) is 56.3 Å². The summed E-state index contributed by atoms with van der Waals surface area (Å²) in [5, 5.41) is 4.93. The van der Waals surface area contributed by atoms with Crippen LogP contribution >= 0.6 is 31.9 Å². The van der Waals surface area contributed by atoms with Gasteiger partial charge in [-0.1, -0.05) is 30.0 Å². The number of aromatic nitrogens is 2. The first-order valence-electron chi connectivity index (χ1n) is 9.40. The molecule has 0 saturated heterocycles. The zero-order valence-corrected chi connectivity index (χ0v) is 20.1. The Kier molecular flexibility index (Phi) is 6.05. The van der Waals surface area contributed by atoms with Crippen LogP contribution in [-0.2, 0) is 0 Å². The van der Waals surface area contributed by atoms with Crippen molar-refractivity contribution in [1.82, 2.24) is 15.3 Å². The molecule has 0 radical (unpaired) electrons. The number of amides is 1. The van der Waals surface area contributed by atoms with Gasteiger partial charge in [-0.05, 0) is 42.6 Å². The molecule has 0 fully saturated rings. The molecule has 1 unspecified atom stereocenters. The number of nitrogens with one attached hydrogen (secondary N) is 1. The minimum absolute atomic E-state index is 0.171. The highest BCUT2D eigenvalue weighted by molar-refractivity contribution is 7.29. The number of rotatable bonds is 6. The first-order valence-corrected chi connectivity index (χ1v) is 11.6. The van der Waals surface area contributed by atoms with Crippen molar-refractivity contribution in [2.45, 2.75) is 6.92 Å². The van der Waals surface area contributed by atoms with Crippen LogP contribution in [0.2, 0.25) is 0 Å². The number of carbonyl (C=O) groups is 1. The van der Waals surface area contributed by atoms with Gasteiger partial charge in [0.1, 0.15) is 10.5 Å². The van der Waals surface area contributed by atoms with E-state index in [1.165, 1.54) is 11.3 Å². The Morgan fingerprint density at radius 2 is 1.97 bits per heavy atom. The maximum atomic E-state index is 12.7. The second kappa shape index (κ2) is 8.75. The van der Waals surface area contributed by atoms with Crippen LogP contribution in [-0.4, -0.2) is 30.0 Å². The van der Waals surface area contributed by atoms with Crippen LogP contribution < -0.4 is 15.5 Å². The van der Waals surface area contributed by atoms with Crippen LogP contribution in [0.4, 0.5) is 5.13 Å². The molecule has 0 spiro atoms. The number of oxazole rings is 1. The van der Waals surface area contributed by atoms with Gasteiger partial charge >= 0.3 is 0 Å². The van der Waals surface area contributed by atoms with Crippen LogP contribution in [0.25, 0.3) is 33.1 Å². The van der Waals surface area contributed by atoms with E-state index < -0.39 is 0 Å². The SMILES string of the molecule is C=Cc1oc(-c2ccc(P)cc2)nc1/C=C(\C)NC(=O)c1cc2sc(N(C)C)nc2s1. The second-order valence-corrected chi connectivity index (χ2v) is 9.75. The number of thiophene rings is 1. The lowest BCUT2D eigenvalue weighted by atomic mass is 10.2. The van der Waals surface area contributed by atoms with E-state index in [0.29, 0.717) is 27.9 Å². The largest absolute Gasteiger partial charge is 0.436 e. The van der Waals surface area contributed by atoms with Crippen LogP contribution in [0.15, 0.2) is 47.0 Å². The molecule has 3 heterocycles.